The minimum Gasteiger partial charge on any atom is -0.387 e. The number of aliphatic hydroxyl groups excluding tert-OH is 1. The number of phosphoric ester groups is 1. The summed E-state index contributed by atoms with van der Waals surface area (Å²) in [6.45, 7) is 4.66. The fourth-order valence-corrected chi connectivity index (χ4v) is 5.57. The van der Waals surface area contributed by atoms with Crippen LogP contribution in [0.15, 0.2) is 36.5 Å². The summed E-state index contributed by atoms with van der Waals surface area (Å²) in [5, 5.41) is 13.6. The molecule has 0 heterocycles. The minimum absolute atomic E-state index is 0.0533. The molecule has 0 aromatic heterocycles. The van der Waals surface area contributed by atoms with Gasteiger partial charge < -0.3 is 19.8 Å². The first-order valence-corrected chi connectivity index (χ1v) is 19.9. The van der Waals surface area contributed by atoms with Crippen molar-refractivity contribution in [3.05, 3.63) is 36.5 Å². The third-order valence-corrected chi connectivity index (χ3v) is 8.82. The van der Waals surface area contributed by atoms with Gasteiger partial charge in [-0.05, 0) is 44.9 Å². The average molecular weight is 672 g/mol. The molecular formula is C37H72N2O6P+. The van der Waals surface area contributed by atoms with Crippen LogP contribution in [0.25, 0.3) is 0 Å². The lowest BCUT2D eigenvalue weighted by Crippen LogP contribution is -2.45. The molecule has 270 valence electrons. The van der Waals surface area contributed by atoms with Crippen LogP contribution >= 0.6 is 7.82 Å². The highest BCUT2D eigenvalue weighted by atomic mass is 31.2. The van der Waals surface area contributed by atoms with Crippen LogP contribution < -0.4 is 5.32 Å². The zero-order valence-corrected chi connectivity index (χ0v) is 31.2. The number of hydrogen-bond donors (Lipinski definition) is 3. The molecule has 46 heavy (non-hydrogen) atoms. The van der Waals surface area contributed by atoms with Crippen LogP contribution in [0.3, 0.4) is 0 Å². The molecule has 0 aromatic rings. The highest BCUT2D eigenvalue weighted by Gasteiger charge is 2.27. The number of nitrogens with one attached hydrogen (secondary N) is 1. The van der Waals surface area contributed by atoms with E-state index in [0.29, 0.717) is 17.4 Å². The van der Waals surface area contributed by atoms with Gasteiger partial charge in [0.25, 0.3) is 0 Å². The largest absolute Gasteiger partial charge is 0.472 e. The van der Waals surface area contributed by atoms with E-state index in [-0.39, 0.29) is 19.1 Å². The Hall–Kier alpha value is -1.28. The van der Waals surface area contributed by atoms with Crippen LogP contribution in [-0.4, -0.2) is 73.4 Å². The van der Waals surface area contributed by atoms with E-state index in [0.717, 1.165) is 57.8 Å². The maximum absolute atomic E-state index is 12.6. The van der Waals surface area contributed by atoms with Crippen molar-refractivity contribution in [1.82, 2.24) is 5.32 Å². The Labute approximate surface area is 283 Å². The summed E-state index contributed by atoms with van der Waals surface area (Å²) in [6, 6.07) is -0.861. The molecule has 3 N–H and O–H groups in total. The molecule has 0 bridgehead atoms. The first-order valence-electron chi connectivity index (χ1n) is 18.4. The van der Waals surface area contributed by atoms with Gasteiger partial charge >= 0.3 is 7.82 Å². The molecule has 0 spiro atoms. The molecule has 0 saturated heterocycles. The third-order valence-electron chi connectivity index (χ3n) is 7.84. The predicted octanol–water partition coefficient (Wildman–Crippen LogP) is 9.18. The predicted molar refractivity (Wildman–Crippen MR) is 194 cm³/mol. The topological polar surface area (TPSA) is 105 Å². The molecule has 0 aliphatic carbocycles. The number of rotatable bonds is 32. The van der Waals surface area contributed by atoms with Crippen molar-refractivity contribution in [1.29, 1.82) is 0 Å². The van der Waals surface area contributed by atoms with Crippen LogP contribution in [0.2, 0.25) is 0 Å². The van der Waals surface area contributed by atoms with Gasteiger partial charge in [0.15, 0.2) is 0 Å². The van der Waals surface area contributed by atoms with Gasteiger partial charge in [-0.2, -0.15) is 0 Å². The van der Waals surface area contributed by atoms with E-state index in [4.69, 9.17) is 9.05 Å². The lowest BCUT2D eigenvalue weighted by atomic mass is 10.1. The second-order valence-corrected chi connectivity index (χ2v) is 15.0. The van der Waals surface area contributed by atoms with Gasteiger partial charge in [-0.1, -0.05) is 127 Å². The van der Waals surface area contributed by atoms with E-state index in [9.17, 15) is 19.4 Å². The van der Waals surface area contributed by atoms with Crippen LogP contribution in [0.4, 0.5) is 0 Å². The average Bonchev–Trinajstić information content (AvgIpc) is 2.99. The molecule has 3 atom stereocenters. The Morgan fingerprint density at radius 1 is 0.717 bits per heavy atom. The fraction of sp³-hybridized carbons (Fsp3) is 0.811. The standard InChI is InChI=1S/C37H71N2O6P/c1-6-8-10-12-13-14-15-16-17-18-19-20-21-22-23-24-25-27-28-30-36(40)35(38-37(41)31-29-26-11-9-7-2)34-45-46(42,43)44-33-32-39(3,4)5/h19-20,23-24,28,30,35-36,40H,6-18,21-22,25-27,29,31-34H2,1-5H3,(H-,38,41,42,43)/p+1/b20-19+,24-23+,30-28+. The lowest BCUT2D eigenvalue weighted by molar-refractivity contribution is -0.870. The molecule has 1 amide bonds. The number of phosphoric acid groups is 1. The summed E-state index contributed by atoms with van der Waals surface area (Å²) in [5.74, 6) is -0.207. The molecule has 0 saturated carbocycles. The quantitative estimate of drug-likeness (QED) is 0.0285. The number of unbranched alkanes of at least 4 members (excludes halogenated alkanes) is 15. The number of aliphatic hydroxyl groups is 1. The summed E-state index contributed by atoms with van der Waals surface area (Å²) in [5.41, 5.74) is 0. The third kappa shape index (κ3) is 31.3. The zero-order valence-electron chi connectivity index (χ0n) is 30.3. The van der Waals surface area contributed by atoms with E-state index in [2.05, 4.69) is 43.5 Å². The van der Waals surface area contributed by atoms with Gasteiger partial charge in [0.1, 0.15) is 13.2 Å². The fourth-order valence-electron chi connectivity index (χ4n) is 4.83. The van der Waals surface area contributed by atoms with Gasteiger partial charge in [-0.3, -0.25) is 13.8 Å². The smallest absolute Gasteiger partial charge is 0.387 e. The molecule has 0 fully saturated rings. The van der Waals surface area contributed by atoms with E-state index in [1.54, 1.807) is 6.08 Å². The SMILES string of the molecule is CCCCCCCCCCC/C=C/CC/C=C/CC/C=C/C(O)C(COP(=O)(O)OCC[N+](C)(C)C)NC(=O)CCCCCCC. The van der Waals surface area contributed by atoms with E-state index in [1.165, 1.54) is 64.2 Å². The highest BCUT2D eigenvalue weighted by Crippen LogP contribution is 2.43. The number of nitrogens with zero attached hydrogens (tertiary/aromatic N) is 1. The lowest BCUT2D eigenvalue weighted by Gasteiger charge is -2.25. The van der Waals surface area contributed by atoms with Gasteiger partial charge in [0.2, 0.25) is 5.91 Å². The van der Waals surface area contributed by atoms with Crippen molar-refractivity contribution < 1.29 is 32.9 Å². The monoisotopic (exact) mass is 672 g/mol. The van der Waals surface area contributed by atoms with Gasteiger partial charge in [0.05, 0.1) is 39.9 Å². The Bertz CT molecular complexity index is 855. The second-order valence-electron chi connectivity index (χ2n) is 13.6. The first-order chi connectivity index (χ1) is 22.0. The Kier molecular flexibility index (Phi) is 29.0. The van der Waals surface area contributed by atoms with E-state index >= 15 is 0 Å². The number of quaternary nitrogens is 1. The summed E-state index contributed by atoms with van der Waals surface area (Å²) in [7, 11) is 1.54. The highest BCUT2D eigenvalue weighted by molar-refractivity contribution is 7.47. The van der Waals surface area contributed by atoms with Crippen LogP contribution in [0.1, 0.15) is 142 Å². The number of carbonyl (C=O) groups is 1. The molecule has 0 radical (unpaired) electrons. The Balaban J connectivity index is 4.46. The summed E-state index contributed by atoms with van der Waals surface area (Å²) in [4.78, 5) is 22.7. The number of likely N-dealkylation sites (N-methyl/N-ethyl adjacent to an activating group) is 1. The van der Waals surface area contributed by atoms with Crippen molar-refractivity contribution in [2.45, 2.75) is 154 Å². The molecule has 3 unspecified atom stereocenters. The van der Waals surface area contributed by atoms with Crippen molar-refractivity contribution in [2.75, 3.05) is 40.9 Å². The maximum atomic E-state index is 12.6. The van der Waals surface area contributed by atoms with Crippen molar-refractivity contribution in [3.8, 4) is 0 Å². The summed E-state index contributed by atoms with van der Waals surface area (Å²) >= 11 is 0. The van der Waals surface area contributed by atoms with E-state index < -0.39 is 20.0 Å². The minimum atomic E-state index is -4.33. The number of allylic oxidation sites excluding steroid dienone is 5. The molecule has 0 rings (SSSR count). The maximum Gasteiger partial charge on any atom is 0.472 e. The second kappa shape index (κ2) is 29.8. The Morgan fingerprint density at radius 2 is 1.20 bits per heavy atom. The number of hydrogen-bond acceptors (Lipinski definition) is 5. The molecule has 8 nitrogen and oxygen atoms in total. The molecule has 0 aliphatic rings. The Morgan fingerprint density at radius 3 is 1.74 bits per heavy atom. The molecule has 0 aromatic carbocycles. The van der Waals surface area contributed by atoms with Crippen LogP contribution in [-0.2, 0) is 18.4 Å². The van der Waals surface area contributed by atoms with Gasteiger partial charge in [-0.15, -0.1) is 0 Å². The molecule has 0 aliphatic heterocycles. The van der Waals surface area contributed by atoms with Gasteiger partial charge in [-0.25, -0.2) is 4.57 Å². The first kappa shape index (κ1) is 44.7. The van der Waals surface area contributed by atoms with E-state index in [1.807, 2.05) is 27.2 Å². The summed E-state index contributed by atoms with van der Waals surface area (Å²) < 4.78 is 23.3. The number of amides is 1. The number of carbonyl (C=O) groups excluding carboxylic acids is 1. The van der Waals surface area contributed by atoms with Crippen molar-refractivity contribution >= 4 is 13.7 Å². The zero-order chi connectivity index (χ0) is 34.4. The van der Waals surface area contributed by atoms with Crippen LogP contribution in [0.5, 0.6) is 0 Å². The van der Waals surface area contributed by atoms with Crippen molar-refractivity contribution in [3.63, 3.8) is 0 Å². The molecular weight excluding hydrogens is 599 g/mol. The van der Waals surface area contributed by atoms with Crippen LogP contribution in [0, 0.1) is 0 Å². The normalized spacial score (nSPS) is 15.2. The van der Waals surface area contributed by atoms with Crippen molar-refractivity contribution in [2.24, 2.45) is 0 Å². The summed E-state index contributed by atoms with van der Waals surface area (Å²) in [6.07, 6.45) is 34.0. The molecule has 9 heteroatoms. The van der Waals surface area contributed by atoms with Gasteiger partial charge in [0, 0.05) is 6.42 Å².